The molecule has 1 aliphatic heterocycles. The molecule has 3 heterocycles. The summed E-state index contributed by atoms with van der Waals surface area (Å²) in [5.41, 5.74) is 11.6. The number of hydrogen-bond acceptors (Lipinski definition) is 7. The van der Waals surface area contributed by atoms with Gasteiger partial charge in [0.25, 0.3) is 6.01 Å². The molecule has 4 aromatic rings. The lowest BCUT2D eigenvalue weighted by Gasteiger charge is -2.16. The summed E-state index contributed by atoms with van der Waals surface area (Å²) in [7, 11) is 0. The molecule has 0 unspecified atom stereocenters. The Morgan fingerprint density at radius 2 is 2.12 bits per heavy atom. The summed E-state index contributed by atoms with van der Waals surface area (Å²) in [6.07, 6.45) is 3.49. The number of nitrogens with two attached hydrogens (primary N) is 1. The number of fused-ring (bicyclic) bond motifs is 1. The molecule has 4 N–H and O–H groups in total. The number of aliphatic carboxylic acids is 1. The first-order chi connectivity index (χ1) is 16.0. The summed E-state index contributed by atoms with van der Waals surface area (Å²) in [6.45, 7) is 3.42. The molecule has 0 saturated heterocycles. The van der Waals surface area contributed by atoms with Crippen molar-refractivity contribution in [1.82, 2.24) is 14.5 Å². The quantitative estimate of drug-likeness (QED) is 0.404. The van der Waals surface area contributed by atoms with E-state index < -0.39 is 12.0 Å². The molecule has 6 rings (SSSR count). The predicted octanol–water partition coefficient (Wildman–Crippen LogP) is 4.05. The molecule has 2 aromatic carbocycles. The molecular formula is C24H25N5O4. The molecular weight excluding hydrogens is 422 g/mol. The van der Waals surface area contributed by atoms with Gasteiger partial charge in [0.15, 0.2) is 5.58 Å². The zero-order valence-electron chi connectivity index (χ0n) is 18.3. The fourth-order valence-corrected chi connectivity index (χ4v) is 4.77. The zero-order chi connectivity index (χ0) is 22.7. The smallest absolute Gasteiger partial charge is 0.326 e. The Morgan fingerprint density at radius 3 is 2.88 bits per heavy atom. The van der Waals surface area contributed by atoms with Crippen molar-refractivity contribution in [3.63, 3.8) is 0 Å². The maximum absolute atomic E-state index is 11.7. The Balaban J connectivity index is 1.50. The van der Waals surface area contributed by atoms with E-state index in [4.69, 9.17) is 19.9 Å². The summed E-state index contributed by atoms with van der Waals surface area (Å²) in [4.78, 5) is 21.0. The van der Waals surface area contributed by atoms with Crippen LogP contribution < -0.4 is 15.8 Å². The van der Waals surface area contributed by atoms with Gasteiger partial charge in [-0.3, -0.25) is 0 Å². The standard InChI is InChI=1S/C24H25N5O4/c1-2-12-8-14(9-17-21(12)33-24(25)28-17)22-27-16-10-15(26-19(23(30)31)13-4-5-13)11-18-20(16)29(22)6-3-7-32-18/h8-11,13,19,26H,2-7H2,1H3,(H2,25,28)(H,30,31)/t19-/m0/s1. The van der Waals surface area contributed by atoms with Gasteiger partial charge in [0, 0.05) is 23.9 Å². The Bertz CT molecular complexity index is 1400. The van der Waals surface area contributed by atoms with Crippen LogP contribution in [0.4, 0.5) is 11.7 Å². The third kappa shape index (κ3) is 3.35. The number of aryl methyl sites for hydroxylation is 2. The van der Waals surface area contributed by atoms with Crippen molar-refractivity contribution in [3.05, 3.63) is 29.8 Å². The first kappa shape index (κ1) is 19.9. The average Bonchev–Trinajstić information content (AvgIpc) is 3.50. The Hall–Kier alpha value is -3.75. The second-order valence-corrected chi connectivity index (χ2v) is 8.82. The van der Waals surface area contributed by atoms with Gasteiger partial charge in [-0.1, -0.05) is 6.92 Å². The lowest BCUT2D eigenvalue weighted by molar-refractivity contribution is -0.138. The molecule has 1 atom stereocenters. The number of carboxylic acids is 1. The van der Waals surface area contributed by atoms with Gasteiger partial charge in [-0.25, -0.2) is 9.78 Å². The monoisotopic (exact) mass is 447 g/mol. The lowest BCUT2D eigenvalue weighted by atomic mass is 10.1. The number of imidazole rings is 1. The SMILES string of the molecule is CCc1cc(-c2nc3cc(N[C@H](C(=O)O)C4CC4)cc4c3n2CCCO4)cc2nc(N)oc12. The number of nitrogen functional groups attached to an aromatic ring is 1. The third-order valence-electron chi connectivity index (χ3n) is 6.49. The minimum absolute atomic E-state index is 0.151. The summed E-state index contributed by atoms with van der Waals surface area (Å²) in [5, 5.41) is 12.8. The number of aromatic nitrogens is 3. The highest BCUT2D eigenvalue weighted by Crippen LogP contribution is 2.39. The van der Waals surface area contributed by atoms with Crippen LogP contribution >= 0.6 is 0 Å². The lowest BCUT2D eigenvalue weighted by Crippen LogP contribution is -2.31. The fraction of sp³-hybridized carbons (Fsp3) is 0.375. The Kier molecular flexibility index (Phi) is 4.46. The average molecular weight is 447 g/mol. The largest absolute Gasteiger partial charge is 0.491 e. The molecule has 1 fully saturated rings. The number of nitrogens with zero attached hydrogens (tertiary/aromatic N) is 3. The highest BCUT2D eigenvalue weighted by Gasteiger charge is 2.36. The van der Waals surface area contributed by atoms with E-state index >= 15 is 0 Å². The number of hydrogen-bond donors (Lipinski definition) is 3. The van der Waals surface area contributed by atoms with Crippen LogP contribution in [0.25, 0.3) is 33.5 Å². The van der Waals surface area contributed by atoms with Gasteiger partial charge in [0.05, 0.1) is 12.1 Å². The molecule has 170 valence electrons. The fourth-order valence-electron chi connectivity index (χ4n) is 4.77. The number of anilines is 2. The van der Waals surface area contributed by atoms with Crippen molar-refractivity contribution in [3.8, 4) is 17.1 Å². The molecule has 0 bridgehead atoms. The first-order valence-corrected chi connectivity index (χ1v) is 11.4. The van der Waals surface area contributed by atoms with E-state index in [1.165, 1.54) is 0 Å². The van der Waals surface area contributed by atoms with Crippen LogP contribution in [0.1, 0.15) is 31.7 Å². The molecule has 0 radical (unpaired) electrons. The van der Waals surface area contributed by atoms with Crippen molar-refractivity contribution in [2.24, 2.45) is 5.92 Å². The summed E-state index contributed by atoms with van der Waals surface area (Å²) >= 11 is 0. The van der Waals surface area contributed by atoms with Crippen molar-refractivity contribution in [2.45, 2.75) is 45.2 Å². The molecule has 9 nitrogen and oxygen atoms in total. The van der Waals surface area contributed by atoms with Gasteiger partial charge in [-0.2, -0.15) is 4.98 Å². The molecule has 1 aliphatic carbocycles. The normalized spacial score (nSPS) is 16.5. The number of rotatable bonds is 6. The van der Waals surface area contributed by atoms with Gasteiger partial charge >= 0.3 is 5.97 Å². The van der Waals surface area contributed by atoms with Crippen LogP contribution in [0.2, 0.25) is 0 Å². The molecule has 2 aromatic heterocycles. The van der Waals surface area contributed by atoms with Crippen LogP contribution in [0.5, 0.6) is 5.75 Å². The van der Waals surface area contributed by atoms with E-state index in [9.17, 15) is 9.90 Å². The number of benzene rings is 2. The molecule has 1 saturated carbocycles. The zero-order valence-corrected chi connectivity index (χ0v) is 18.3. The maximum atomic E-state index is 11.7. The van der Waals surface area contributed by atoms with Crippen LogP contribution in [0, 0.1) is 5.92 Å². The highest BCUT2D eigenvalue weighted by atomic mass is 16.5. The molecule has 33 heavy (non-hydrogen) atoms. The van der Waals surface area contributed by atoms with Gasteiger partial charge < -0.3 is 29.9 Å². The maximum Gasteiger partial charge on any atom is 0.326 e. The summed E-state index contributed by atoms with van der Waals surface area (Å²) < 4.78 is 13.8. The van der Waals surface area contributed by atoms with E-state index in [0.717, 1.165) is 60.2 Å². The summed E-state index contributed by atoms with van der Waals surface area (Å²) in [5.74, 6) is 0.876. The Morgan fingerprint density at radius 1 is 1.27 bits per heavy atom. The van der Waals surface area contributed by atoms with Crippen molar-refractivity contribution >= 4 is 39.8 Å². The van der Waals surface area contributed by atoms with Gasteiger partial charge in [-0.05, 0) is 55.4 Å². The van der Waals surface area contributed by atoms with Crippen molar-refractivity contribution < 1.29 is 19.1 Å². The van der Waals surface area contributed by atoms with Crippen LogP contribution in [-0.4, -0.2) is 38.3 Å². The predicted molar refractivity (Wildman–Crippen MR) is 124 cm³/mol. The van der Waals surface area contributed by atoms with E-state index in [1.54, 1.807) is 0 Å². The third-order valence-corrected chi connectivity index (χ3v) is 6.49. The van der Waals surface area contributed by atoms with Crippen molar-refractivity contribution in [1.29, 1.82) is 0 Å². The number of carboxylic acid groups (broad SMARTS) is 1. The number of oxazole rings is 1. The van der Waals surface area contributed by atoms with E-state index in [1.807, 2.05) is 18.2 Å². The van der Waals surface area contributed by atoms with Crippen LogP contribution in [-0.2, 0) is 17.8 Å². The van der Waals surface area contributed by atoms with Gasteiger partial charge in [0.1, 0.15) is 28.6 Å². The van der Waals surface area contributed by atoms with E-state index in [2.05, 4.69) is 27.9 Å². The topological polar surface area (TPSA) is 128 Å². The van der Waals surface area contributed by atoms with Crippen LogP contribution in [0.3, 0.4) is 0 Å². The number of nitrogens with one attached hydrogen (secondary N) is 1. The second-order valence-electron chi connectivity index (χ2n) is 8.82. The molecule has 2 aliphatic rings. The first-order valence-electron chi connectivity index (χ1n) is 11.4. The van der Waals surface area contributed by atoms with Gasteiger partial charge in [0.2, 0.25) is 0 Å². The van der Waals surface area contributed by atoms with E-state index in [-0.39, 0.29) is 11.9 Å². The Labute approximate surface area is 189 Å². The second kappa shape index (κ2) is 7.40. The molecule has 0 spiro atoms. The number of carbonyl (C=O) groups is 1. The highest BCUT2D eigenvalue weighted by molar-refractivity contribution is 5.92. The van der Waals surface area contributed by atoms with Crippen LogP contribution in [0.15, 0.2) is 28.7 Å². The molecule has 9 heteroatoms. The van der Waals surface area contributed by atoms with Gasteiger partial charge in [-0.15, -0.1) is 0 Å². The minimum atomic E-state index is -0.831. The summed E-state index contributed by atoms with van der Waals surface area (Å²) in [6, 6.07) is 7.39. The number of ether oxygens (including phenoxy) is 1. The molecule has 0 amide bonds. The minimum Gasteiger partial charge on any atom is -0.491 e. The van der Waals surface area contributed by atoms with E-state index in [0.29, 0.717) is 29.1 Å². The van der Waals surface area contributed by atoms with Crippen molar-refractivity contribution in [2.75, 3.05) is 17.7 Å².